The van der Waals surface area contributed by atoms with E-state index in [0.717, 1.165) is 16.7 Å². The highest BCUT2D eigenvalue weighted by atomic mass is 14.8. The summed E-state index contributed by atoms with van der Waals surface area (Å²) in [7, 11) is 0. The molecule has 0 atom stereocenters. The number of nitrogens with two attached hydrogens (primary N) is 1. The van der Waals surface area contributed by atoms with E-state index in [0.29, 0.717) is 5.82 Å². The molecule has 0 radical (unpaired) electrons. The van der Waals surface area contributed by atoms with Crippen LogP contribution in [0.3, 0.4) is 0 Å². The Hall–Kier alpha value is -2.35. The zero-order chi connectivity index (χ0) is 12.5. The van der Waals surface area contributed by atoms with E-state index in [1.807, 2.05) is 18.2 Å². The normalized spacial score (nSPS) is 10.7. The third-order valence-corrected chi connectivity index (χ3v) is 3.25. The van der Waals surface area contributed by atoms with Crippen LogP contribution in [-0.2, 0) is 0 Å². The summed E-state index contributed by atoms with van der Waals surface area (Å²) in [5.74, 6) is 0.589. The molecule has 0 amide bonds. The summed E-state index contributed by atoms with van der Waals surface area (Å²) in [6, 6.07) is 16.6. The van der Waals surface area contributed by atoms with Gasteiger partial charge in [-0.15, -0.1) is 0 Å². The van der Waals surface area contributed by atoms with Gasteiger partial charge >= 0.3 is 0 Å². The Labute approximate surface area is 106 Å². The molecule has 3 rings (SSSR count). The number of fused-ring (bicyclic) bond motifs is 1. The van der Waals surface area contributed by atoms with Gasteiger partial charge in [-0.2, -0.15) is 0 Å². The van der Waals surface area contributed by atoms with Gasteiger partial charge in [-0.05, 0) is 34.9 Å². The Balaban J connectivity index is 2.39. The molecule has 2 aromatic carbocycles. The van der Waals surface area contributed by atoms with Gasteiger partial charge in [0.1, 0.15) is 5.82 Å². The molecule has 1 aromatic heterocycles. The molecule has 2 N–H and O–H groups in total. The molecule has 18 heavy (non-hydrogen) atoms. The molecule has 0 bridgehead atoms. The maximum Gasteiger partial charge on any atom is 0.131 e. The first kappa shape index (κ1) is 10.8. The number of aromatic nitrogens is 1. The number of aryl methyl sites for hydroxylation is 1. The fraction of sp³-hybridized carbons (Fsp3) is 0.0625. The van der Waals surface area contributed by atoms with Gasteiger partial charge in [0.25, 0.3) is 0 Å². The van der Waals surface area contributed by atoms with Crippen molar-refractivity contribution in [3.05, 3.63) is 60.3 Å². The van der Waals surface area contributed by atoms with E-state index >= 15 is 0 Å². The standard InChI is InChI=1S/C16H14N2/c1-11-9-10-18-16(17)15(11)14-8-4-6-12-5-2-3-7-13(12)14/h2-10H,1H3,(H2,17,18). The van der Waals surface area contributed by atoms with Crippen LogP contribution < -0.4 is 5.73 Å². The lowest BCUT2D eigenvalue weighted by atomic mass is 9.96. The van der Waals surface area contributed by atoms with Crippen molar-refractivity contribution in [1.82, 2.24) is 4.98 Å². The number of anilines is 1. The fourth-order valence-corrected chi connectivity index (χ4v) is 2.37. The molecule has 0 fully saturated rings. The maximum atomic E-state index is 6.03. The average Bonchev–Trinajstić information content (AvgIpc) is 2.39. The highest BCUT2D eigenvalue weighted by Gasteiger charge is 2.09. The zero-order valence-corrected chi connectivity index (χ0v) is 10.2. The van der Waals surface area contributed by atoms with Crippen LogP contribution >= 0.6 is 0 Å². The molecule has 2 heteroatoms. The van der Waals surface area contributed by atoms with Gasteiger partial charge in [0.2, 0.25) is 0 Å². The first-order valence-corrected chi connectivity index (χ1v) is 5.96. The van der Waals surface area contributed by atoms with Crippen LogP contribution in [0.15, 0.2) is 54.7 Å². The molecule has 0 unspecified atom stereocenters. The minimum absolute atomic E-state index is 0.589. The molecular formula is C16H14N2. The smallest absolute Gasteiger partial charge is 0.131 e. The highest BCUT2D eigenvalue weighted by Crippen LogP contribution is 2.33. The van der Waals surface area contributed by atoms with E-state index in [1.54, 1.807) is 6.20 Å². The summed E-state index contributed by atoms with van der Waals surface area (Å²) >= 11 is 0. The van der Waals surface area contributed by atoms with Crippen LogP contribution in [0.4, 0.5) is 5.82 Å². The van der Waals surface area contributed by atoms with Gasteiger partial charge in [-0.25, -0.2) is 4.98 Å². The Kier molecular flexibility index (Phi) is 2.49. The van der Waals surface area contributed by atoms with Crippen LogP contribution in [0.25, 0.3) is 21.9 Å². The van der Waals surface area contributed by atoms with Gasteiger partial charge in [-0.1, -0.05) is 42.5 Å². The number of hydrogen-bond donors (Lipinski definition) is 1. The number of nitrogen functional groups attached to an aromatic ring is 1. The van der Waals surface area contributed by atoms with Crippen molar-refractivity contribution in [2.24, 2.45) is 0 Å². The molecule has 0 aliphatic heterocycles. The Bertz CT molecular complexity index is 692. The largest absolute Gasteiger partial charge is 0.383 e. The van der Waals surface area contributed by atoms with Crippen molar-refractivity contribution in [3.8, 4) is 11.1 Å². The minimum atomic E-state index is 0.589. The first-order valence-electron chi connectivity index (χ1n) is 5.96. The Morgan fingerprint density at radius 1 is 0.944 bits per heavy atom. The molecule has 3 aromatic rings. The molecule has 0 saturated carbocycles. The molecular weight excluding hydrogens is 220 g/mol. The summed E-state index contributed by atoms with van der Waals surface area (Å²) in [6.07, 6.45) is 1.75. The number of benzene rings is 2. The molecule has 0 aliphatic carbocycles. The van der Waals surface area contributed by atoms with E-state index < -0.39 is 0 Å². The molecule has 0 aliphatic rings. The quantitative estimate of drug-likeness (QED) is 0.695. The fourth-order valence-electron chi connectivity index (χ4n) is 2.37. The molecule has 0 saturated heterocycles. The van der Waals surface area contributed by atoms with Crippen molar-refractivity contribution in [2.45, 2.75) is 6.92 Å². The Morgan fingerprint density at radius 2 is 1.72 bits per heavy atom. The third kappa shape index (κ3) is 1.63. The van der Waals surface area contributed by atoms with Crippen LogP contribution in [0.5, 0.6) is 0 Å². The second kappa shape index (κ2) is 4.15. The number of hydrogen-bond acceptors (Lipinski definition) is 2. The monoisotopic (exact) mass is 234 g/mol. The van der Waals surface area contributed by atoms with E-state index in [4.69, 9.17) is 5.73 Å². The molecule has 1 heterocycles. The van der Waals surface area contributed by atoms with Crippen LogP contribution in [0.1, 0.15) is 5.56 Å². The lowest BCUT2D eigenvalue weighted by Gasteiger charge is -2.11. The average molecular weight is 234 g/mol. The molecule has 2 nitrogen and oxygen atoms in total. The first-order chi connectivity index (χ1) is 8.77. The van der Waals surface area contributed by atoms with Crippen molar-refractivity contribution < 1.29 is 0 Å². The van der Waals surface area contributed by atoms with Crippen LogP contribution in [0, 0.1) is 6.92 Å². The summed E-state index contributed by atoms with van der Waals surface area (Å²) in [5, 5.41) is 2.43. The molecule has 0 spiro atoms. The summed E-state index contributed by atoms with van der Waals surface area (Å²) in [6.45, 7) is 2.06. The number of rotatable bonds is 1. The lowest BCUT2D eigenvalue weighted by Crippen LogP contribution is -1.96. The van der Waals surface area contributed by atoms with E-state index in [1.165, 1.54) is 10.8 Å². The lowest BCUT2D eigenvalue weighted by molar-refractivity contribution is 1.30. The Morgan fingerprint density at radius 3 is 2.56 bits per heavy atom. The number of pyridine rings is 1. The minimum Gasteiger partial charge on any atom is -0.383 e. The van der Waals surface area contributed by atoms with Gasteiger partial charge in [0.05, 0.1) is 0 Å². The van der Waals surface area contributed by atoms with Crippen LogP contribution in [0.2, 0.25) is 0 Å². The topological polar surface area (TPSA) is 38.9 Å². The van der Waals surface area contributed by atoms with Crippen molar-refractivity contribution in [1.29, 1.82) is 0 Å². The van der Waals surface area contributed by atoms with Gasteiger partial charge in [0.15, 0.2) is 0 Å². The van der Waals surface area contributed by atoms with Crippen molar-refractivity contribution in [2.75, 3.05) is 5.73 Å². The maximum absolute atomic E-state index is 6.03. The second-order valence-electron chi connectivity index (χ2n) is 4.41. The summed E-state index contributed by atoms with van der Waals surface area (Å²) < 4.78 is 0. The SMILES string of the molecule is Cc1ccnc(N)c1-c1cccc2ccccc12. The third-order valence-electron chi connectivity index (χ3n) is 3.25. The van der Waals surface area contributed by atoms with E-state index in [2.05, 4.69) is 42.2 Å². The highest BCUT2D eigenvalue weighted by molar-refractivity contribution is 5.99. The van der Waals surface area contributed by atoms with Gasteiger partial charge in [-0.3, -0.25) is 0 Å². The second-order valence-corrected chi connectivity index (χ2v) is 4.41. The van der Waals surface area contributed by atoms with Gasteiger partial charge < -0.3 is 5.73 Å². The summed E-state index contributed by atoms with van der Waals surface area (Å²) in [5.41, 5.74) is 9.37. The predicted molar refractivity (Wildman–Crippen MR) is 76.3 cm³/mol. The number of nitrogens with zero attached hydrogens (tertiary/aromatic N) is 1. The van der Waals surface area contributed by atoms with E-state index in [9.17, 15) is 0 Å². The molecule has 88 valence electrons. The zero-order valence-electron chi connectivity index (χ0n) is 10.2. The van der Waals surface area contributed by atoms with E-state index in [-0.39, 0.29) is 0 Å². The van der Waals surface area contributed by atoms with Gasteiger partial charge in [0, 0.05) is 11.8 Å². The van der Waals surface area contributed by atoms with Crippen molar-refractivity contribution in [3.63, 3.8) is 0 Å². The predicted octanol–water partition coefficient (Wildman–Crippen LogP) is 3.79. The van der Waals surface area contributed by atoms with Crippen molar-refractivity contribution >= 4 is 16.6 Å². The van der Waals surface area contributed by atoms with Crippen LogP contribution in [-0.4, -0.2) is 4.98 Å². The summed E-state index contributed by atoms with van der Waals surface area (Å²) in [4.78, 5) is 4.20.